The van der Waals surface area contributed by atoms with Gasteiger partial charge in [0.15, 0.2) is 0 Å². The molecule has 1 aromatic rings. The maximum Gasteiger partial charge on any atom is 0.226 e. The molecule has 0 bridgehead atoms. The average Bonchev–Trinajstić information content (AvgIpc) is 2.91. The van der Waals surface area contributed by atoms with E-state index in [2.05, 4.69) is 23.3 Å². The van der Waals surface area contributed by atoms with Crippen LogP contribution in [0.2, 0.25) is 0 Å². The third-order valence-corrected chi connectivity index (χ3v) is 5.54. The Morgan fingerprint density at radius 3 is 3.00 bits per heavy atom. The zero-order valence-corrected chi connectivity index (χ0v) is 12.6. The molecule has 0 aromatic carbocycles. The van der Waals surface area contributed by atoms with Crippen LogP contribution in [0.4, 0.5) is 0 Å². The summed E-state index contributed by atoms with van der Waals surface area (Å²) in [5.74, 6) is 0.588. The van der Waals surface area contributed by atoms with Gasteiger partial charge >= 0.3 is 0 Å². The van der Waals surface area contributed by atoms with Gasteiger partial charge in [-0.25, -0.2) is 0 Å². The summed E-state index contributed by atoms with van der Waals surface area (Å²) in [5.41, 5.74) is 0.317. The molecule has 1 spiro atoms. The van der Waals surface area contributed by atoms with E-state index < -0.39 is 0 Å². The van der Waals surface area contributed by atoms with Gasteiger partial charge in [-0.2, -0.15) is 0 Å². The van der Waals surface area contributed by atoms with Crippen LogP contribution in [0.25, 0.3) is 0 Å². The van der Waals surface area contributed by atoms with Crippen molar-refractivity contribution in [1.29, 1.82) is 0 Å². The van der Waals surface area contributed by atoms with E-state index in [1.54, 1.807) is 11.3 Å². The lowest BCUT2D eigenvalue weighted by Crippen LogP contribution is -2.36. The number of hydrogen-bond acceptors (Lipinski definition) is 3. The van der Waals surface area contributed by atoms with E-state index in [0.29, 0.717) is 17.9 Å². The van der Waals surface area contributed by atoms with Crippen LogP contribution in [-0.2, 0) is 11.3 Å². The third kappa shape index (κ3) is 2.67. The molecule has 20 heavy (non-hydrogen) atoms. The smallest absolute Gasteiger partial charge is 0.226 e. The summed E-state index contributed by atoms with van der Waals surface area (Å²) in [6.07, 6.45) is 5.24. The van der Waals surface area contributed by atoms with Crippen molar-refractivity contribution in [1.82, 2.24) is 10.2 Å². The minimum atomic E-state index is 0.254. The van der Waals surface area contributed by atoms with Crippen molar-refractivity contribution < 1.29 is 4.79 Å². The second kappa shape index (κ2) is 5.70. The monoisotopic (exact) mass is 290 g/mol. The molecular formula is C16H22N2OS. The first-order chi connectivity index (χ1) is 9.75. The van der Waals surface area contributed by atoms with Crippen LogP contribution in [0.15, 0.2) is 30.2 Å². The fourth-order valence-electron chi connectivity index (χ4n) is 3.37. The van der Waals surface area contributed by atoms with Crippen LogP contribution in [0.1, 0.15) is 24.1 Å². The van der Waals surface area contributed by atoms with Crippen LogP contribution >= 0.6 is 11.3 Å². The van der Waals surface area contributed by atoms with Crippen LogP contribution in [-0.4, -0.2) is 30.4 Å². The number of piperidine rings is 1. The molecule has 2 heterocycles. The fourth-order valence-corrected chi connectivity index (χ4v) is 4.09. The maximum absolute atomic E-state index is 12.8. The van der Waals surface area contributed by atoms with Crippen LogP contribution in [0.5, 0.6) is 0 Å². The Morgan fingerprint density at radius 2 is 2.35 bits per heavy atom. The molecule has 2 aliphatic rings. The molecule has 108 valence electrons. The van der Waals surface area contributed by atoms with Crippen LogP contribution < -0.4 is 5.32 Å². The molecule has 3 nitrogen and oxygen atoms in total. The molecule has 1 aromatic heterocycles. The van der Waals surface area contributed by atoms with E-state index in [0.717, 1.165) is 38.9 Å². The Balaban J connectivity index is 1.65. The molecule has 1 aliphatic heterocycles. The first kappa shape index (κ1) is 13.8. The Hall–Kier alpha value is -1.13. The van der Waals surface area contributed by atoms with Gasteiger partial charge in [-0.05, 0) is 49.2 Å². The minimum Gasteiger partial charge on any atom is -0.334 e. The molecule has 1 unspecified atom stereocenters. The van der Waals surface area contributed by atoms with Gasteiger partial charge in [0.05, 0.1) is 6.54 Å². The van der Waals surface area contributed by atoms with Gasteiger partial charge in [0.1, 0.15) is 0 Å². The zero-order valence-electron chi connectivity index (χ0n) is 11.8. The van der Waals surface area contributed by atoms with E-state index in [1.165, 1.54) is 4.88 Å². The number of thiophene rings is 1. The number of nitrogens with zero attached hydrogens (tertiary/aromatic N) is 1. The molecule has 1 aliphatic carbocycles. The first-order valence-corrected chi connectivity index (χ1v) is 8.26. The Bertz CT molecular complexity index is 477. The Kier molecular flexibility index (Phi) is 3.94. The normalized spacial score (nSPS) is 23.5. The minimum absolute atomic E-state index is 0.254. The van der Waals surface area contributed by atoms with E-state index in [1.807, 2.05) is 17.0 Å². The van der Waals surface area contributed by atoms with Gasteiger partial charge in [0, 0.05) is 17.3 Å². The number of carbonyl (C=O) groups excluding carboxylic acids is 1. The first-order valence-electron chi connectivity index (χ1n) is 7.38. The number of rotatable bonds is 5. The SMILES string of the molecule is C=CCN(Cc1cccs1)C(=O)C1CC12CCNCC2. The second-order valence-electron chi connectivity index (χ2n) is 5.96. The van der Waals surface area contributed by atoms with E-state index in [4.69, 9.17) is 0 Å². The third-order valence-electron chi connectivity index (χ3n) is 4.68. The summed E-state index contributed by atoms with van der Waals surface area (Å²) in [6, 6.07) is 4.14. The van der Waals surface area contributed by atoms with E-state index in [-0.39, 0.29) is 5.92 Å². The number of nitrogens with one attached hydrogen (secondary N) is 1. The van der Waals surface area contributed by atoms with Crippen molar-refractivity contribution in [3.63, 3.8) is 0 Å². The largest absolute Gasteiger partial charge is 0.334 e. The highest BCUT2D eigenvalue weighted by molar-refractivity contribution is 7.09. The average molecular weight is 290 g/mol. The molecular weight excluding hydrogens is 268 g/mol. The van der Waals surface area contributed by atoms with Gasteiger partial charge < -0.3 is 10.2 Å². The highest BCUT2D eigenvalue weighted by atomic mass is 32.1. The topological polar surface area (TPSA) is 32.3 Å². The van der Waals surface area contributed by atoms with Crippen molar-refractivity contribution in [3.05, 3.63) is 35.0 Å². The van der Waals surface area contributed by atoms with Gasteiger partial charge in [-0.15, -0.1) is 17.9 Å². The van der Waals surface area contributed by atoms with Crippen molar-refractivity contribution in [3.8, 4) is 0 Å². The number of hydrogen-bond donors (Lipinski definition) is 1. The predicted octanol–water partition coefficient (Wildman–Crippen LogP) is 2.65. The van der Waals surface area contributed by atoms with Crippen LogP contribution in [0.3, 0.4) is 0 Å². The summed E-state index contributed by atoms with van der Waals surface area (Å²) in [5, 5.41) is 5.46. The maximum atomic E-state index is 12.8. The summed E-state index contributed by atoms with van der Waals surface area (Å²) in [6.45, 7) is 7.31. The van der Waals surface area contributed by atoms with Crippen molar-refractivity contribution in [2.75, 3.05) is 19.6 Å². The summed E-state index contributed by atoms with van der Waals surface area (Å²) < 4.78 is 0. The van der Waals surface area contributed by atoms with Crippen molar-refractivity contribution in [2.45, 2.75) is 25.8 Å². The highest BCUT2D eigenvalue weighted by Gasteiger charge is 2.58. The Labute approximate surface area is 124 Å². The molecule has 4 heteroatoms. The molecule has 2 fully saturated rings. The summed E-state index contributed by atoms with van der Waals surface area (Å²) in [7, 11) is 0. The lowest BCUT2D eigenvalue weighted by atomic mass is 9.91. The molecule has 1 saturated carbocycles. The fraction of sp³-hybridized carbons (Fsp3) is 0.562. The predicted molar refractivity (Wildman–Crippen MR) is 82.6 cm³/mol. The molecule has 0 radical (unpaired) electrons. The van der Waals surface area contributed by atoms with Gasteiger partial charge in [0.25, 0.3) is 0 Å². The summed E-state index contributed by atoms with van der Waals surface area (Å²) >= 11 is 1.72. The lowest BCUT2D eigenvalue weighted by molar-refractivity contribution is -0.133. The molecule has 1 N–H and O–H groups in total. The standard InChI is InChI=1S/C16H22N2OS/c1-2-9-18(12-13-4-3-10-20-13)15(19)14-11-16(14)5-7-17-8-6-16/h2-4,10,14,17H,1,5-9,11-12H2. The summed E-state index contributed by atoms with van der Waals surface area (Å²) in [4.78, 5) is 16.0. The molecule has 1 atom stereocenters. The van der Waals surface area contributed by atoms with E-state index >= 15 is 0 Å². The number of carbonyl (C=O) groups is 1. The molecule has 1 saturated heterocycles. The van der Waals surface area contributed by atoms with Gasteiger partial charge in [0.2, 0.25) is 5.91 Å². The number of amides is 1. The van der Waals surface area contributed by atoms with Crippen LogP contribution in [0, 0.1) is 11.3 Å². The highest BCUT2D eigenvalue weighted by Crippen LogP contribution is 2.59. The second-order valence-corrected chi connectivity index (χ2v) is 6.99. The van der Waals surface area contributed by atoms with Crippen molar-refractivity contribution in [2.24, 2.45) is 11.3 Å². The molecule has 3 rings (SSSR count). The van der Waals surface area contributed by atoms with Gasteiger partial charge in [-0.1, -0.05) is 12.1 Å². The quantitative estimate of drug-likeness (QED) is 0.846. The lowest BCUT2D eigenvalue weighted by Gasteiger charge is -2.26. The van der Waals surface area contributed by atoms with Crippen molar-refractivity contribution >= 4 is 17.2 Å². The Morgan fingerprint density at radius 1 is 1.55 bits per heavy atom. The zero-order chi connectivity index (χ0) is 14.0. The molecule has 1 amide bonds. The van der Waals surface area contributed by atoms with E-state index in [9.17, 15) is 4.79 Å². The van der Waals surface area contributed by atoms with Gasteiger partial charge in [-0.3, -0.25) is 4.79 Å².